The average Bonchev–Trinajstić information content (AvgIpc) is 2.81. The van der Waals surface area contributed by atoms with Crippen LogP contribution in [-0.4, -0.2) is 18.1 Å². The van der Waals surface area contributed by atoms with E-state index in [0.29, 0.717) is 16.4 Å². The molecule has 0 fully saturated rings. The number of methoxy groups -OCH3 is 1. The molecule has 0 aliphatic rings. The van der Waals surface area contributed by atoms with Crippen molar-refractivity contribution in [3.8, 4) is 0 Å². The number of rotatable bonds is 3. The number of benzene rings is 1. The minimum atomic E-state index is -0.491. The molecule has 1 aromatic carbocycles. The highest BCUT2D eigenvalue weighted by Crippen LogP contribution is 2.22. The first kappa shape index (κ1) is 12.5. The quantitative estimate of drug-likeness (QED) is 0.867. The van der Waals surface area contributed by atoms with Crippen molar-refractivity contribution in [3.63, 3.8) is 0 Å². The maximum absolute atomic E-state index is 13.3. The fourth-order valence-electron chi connectivity index (χ4n) is 1.32. The van der Waals surface area contributed by atoms with Crippen molar-refractivity contribution in [3.05, 3.63) is 40.7 Å². The van der Waals surface area contributed by atoms with E-state index in [0.717, 1.165) is 0 Å². The molecule has 6 heteroatoms. The summed E-state index contributed by atoms with van der Waals surface area (Å²) >= 11 is 1.25. The van der Waals surface area contributed by atoms with Gasteiger partial charge in [0.25, 0.3) is 0 Å². The number of nitrogens with one attached hydrogen (secondary N) is 1. The number of hydrogen-bond donors (Lipinski definition) is 1. The maximum atomic E-state index is 13.3. The first-order chi connectivity index (χ1) is 8.60. The summed E-state index contributed by atoms with van der Waals surface area (Å²) in [5.74, 6) is -0.779. The molecule has 2 rings (SSSR count). The number of ether oxygens (including phenoxy) is 1. The zero-order valence-corrected chi connectivity index (χ0v) is 10.7. The number of nitrogens with zero attached hydrogens (tertiary/aromatic N) is 1. The van der Waals surface area contributed by atoms with Gasteiger partial charge < -0.3 is 10.1 Å². The van der Waals surface area contributed by atoms with Crippen LogP contribution in [0.3, 0.4) is 0 Å². The molecule has 2 aromatic rings. The third kappa shape index (κ3) is 2.65. The van der Waals surface area contributed by atoms with Gasteiger partial charge in [0, 0.05) is 11.1 Å². The molecule has 0 spiro atoms. The van der Waals surface area contributed by atoms with Crippen LogP contribution in [-0.2, 0) is 4.74 Å². The molecule has 0 unspecified atom stereocenters. The lowest BCUT2D eigenvalue weighted by molar-refractivity contribution is 0.0595. The van der Waals surface area contributed by atoms with Gasteiger partial charge in [0.2, 0.25) is 0 Å². The zero-order chi connectivity index (χ0) is 13.1. The van der Waals surface area contributed by atoms with Gasteiger partial charge in [-0.05, 0) is 24.6 Å². The van der Waals surface area contributed by atoms with E-state index >= 15 is 0 Å². The van der Waals surface area contributed by atoms with Crippen LogP contribution in [0.1, 0.15) is 16.1 Å². The van der Waals surface area contributed by atoms with Gasteiger partial charge in [0.15, 0.2) is 10.8 Å². The van der Waals surface area contributed by atoms with Crippen LogP contribution >= 0.6 is 11.3 Å². The van der Waals surface area contributed by atoms with Crippen molar-refractivity contribution >= 4 is 28.1 Å². The number of esters is 1. The van der Waals surface area contributed by atoms with E-state index in [1.807, 2.05) is 0 Å². The van der Waals surface area contributed by atoms with Gasteiger partial charge in [-0.1, -0.05) is 6.07 Å². The second-order valence-corrected chi connectivity index (χ2v) is 4.48. The van der Waals surface area contributed by atoms with Gasteiger partial charge >= 0.3 is 5.97 Å². The Labute approximate surface area is 107 Å². The van der Waals surface area contributed by atoms with E-state index in [1.165, 1.54) is 24.5 Å². The molecule has 0 aliphatic heterocycles. The number of aromatic nitrogens is 1. The van der Waals surface area contributed by atoms with Crippen molar-refractivity contribution in [2.75, 3.05) is 12.4 Å². The van der Waals surface area contributed by atoms with E-state index < -0.39 is 5.97 Å². The summed E-state index contributed by atoms with van der Waals surface area (Å²) < 4.78 is 17.9. The minimum absolute atomic E-state index is 0.234. The third-order valence-corrected chi connectivity index (χ3v) is 3.08. The molecular weight excluding hydrogens is 255 g/mol. The summed E-state index contributed by atoms with van der Waals surface area (Å²) in [5, 5.41) is 5.03. The number of carbonyl (C=O) groups excluding carboxylic acids is 1. The second-order valence-electron chi connectivity index (χ2n) is 3.62. The lowest BCUT2D eigenvalue weighted by Crippen LogP contribution is -2.01. The van der Waals surface area contributed by atoms with Gasteiger partial charge in [0.1, 0.15) is 5.82 Å². The van der Waals surface area contributed by atoms with Gasteiger partial charge in [-0.25, -0.2) is 14.2 Å². The molecular formula is C12H11FN2O2S. The molecule has 0 aliphatic carbocycles. The van der Waals surface area contributed by atoms with E-state index in [-0.39, 0.29) is 11.5 Å². The lowest BCUT2D eigenvalue weighted by atomic mass is 10.2. The van der Waals surface area contributed by atoms with Crippen LogP contribution < -0.4 is 5.32 Å². The Hall–Kier alpha value is -1.95. The molecule has 94 valence electrons. The number of halogens is 1. The van der Waals surface area contributed by atoms with Crippen LogP contribution in [0.25, 0.3) is 0 Å². The highest BCUT2D eigenvalue weighted by atomic mass is 32.1. The molecule has 1 N–H and O–H groups in total. The van der Waals surface area contributed by atoms with E-state index in [9.17, 15) is 9.18 Å². The van der Waals surface area contributed by atoms with Crippen molar-refractivity contribution in [1.82, 2.24) is 4.98 Å². The normalized spacial score (nSPS) is 10.2. The van der Waals surface area contributed by atoms with Crippen molar-refractivity contribution in [2.45, 2.75) is 6.92 Å². The maximum Gasteiger partial charge on any atom is 0.357 e. The van der Waals surface area contributed by atoms with Gasteiger partial charge in [0.05, 0.1) is 7.11 Å². The highest BCUT2D eigenvalue weighted by Gasteiger charge is 2.10. The Morgan fingerprint density at radius 1 is 1.50 bits per heavy atom. The number of aryl methyl sites for hydroxylation is 1. The molecule has 0 bridgehead atoms. The van der Waals surface area contributed by atoms with Crippen molar-refractivity contribution < 1.29 is 13.9 Å². The largest absolute Gasteiger partial charge is 0.464 e. The molecule has 18 heavy (non-hydrogen) atoms. The van der Waals surface area contributed by atoms with Gasteiger partial charge in [-0.2, -0.15) is 0 Å². The number of thiazole rings is 1. The monoisotopic (exact) mass is 266 g/mol. The Bertz CT molecular complexity index is 583. The molecule has 0 atom stereocenters. The Morgan fingerprint density at radius 2 is 2.28 bits per heavy atom. The van der Waals surface area contributed by atoms with E-state index in [1.54, 1.807) is 24.4 Å². The Balaban J connectivity index is 2.16. The molecule has 0 saturated heterocycles. The standard InChI is InChI=1S/C12H11FN2O2S/c1-7-3-4-8(5-9(7)13)14-12-15-10(6-18-12)11(16)17-2/h3-6H,1-2H3,(H,14,15). The summed E-state index contributed by atoms with van der Waals surface area (Å²) in [6, 6.07) is 4.80. The molecule has 0 saturated carbocycles. The van der Waals surface area contributed by atoms with Crippen LogP contribution in [0.5, 0.6) is 0 Å². The smallest absolute Gasteiger partial charge is 0.357 e. The first-order valence-corrected chi connectivity index (χ1v) is 6.05. The Morgan fingerprint density at radius 3 is 2.94 bits per heavy atom. The van der Waals surface area contributed by atoms with Crippen molar-refractivity contribution in [1.29, 1.82) is 0 Å². The second kappa shape index (κ2) is 5.14. The third-order valence-electron chi connectivity index (χ3n) is 2.32. The molecule has 4 nitrogen and oxygen atoms in total. The van der Waals surface area contributed by atoms with E-state index in [4.69, 9.17) is 0 Å². The topological polar surface area (TPSA) is 51.2 Å². The van der Waals surface area contributed by atoms with Crippen molar-refractivity contribution in [2.24, 2.45) is 0 Å². The summed E-state index contributed by atoms with van der Waals surface area (Å²) in [5.41, 5.74) is 1.40. The molecule has 1 heterocycles. The lowest BCUT2D eigenvalue weighted by Gasteiger charge is -2.03. The van der Waals surface area contributed by atoms with Gasteiger partial charge in [-0.15, -0.1) is 11.3 Å². The van der Waals surface area contributed by atoms with Crippen LogP contribution in [0.2, 0.25) is 0 Å². The zero-order valence-electron chi connectivity index (χ0n) is 9.86. The number of carbonyl (C=O) groups is 1. The molecule has 0 radical (unpaired) electrons. The number of anilines is 2. The predicted molar refractivity (Wildman–Crippen MR) is 67.9 cm³/mol. The fourth-order valence-corrected chi connectivity index (χ4v) is 2.02. The average molecular weight is 266 g/mol. The summed E-state index contributed by atoms with van der Waals surface area (Å²) in [6.45, 7) is 1.69. The minimum Gasteiger partial charge on any atom is -0.464 e. The summed E-state index contributed by atoms with van der Waals surface area (Å²) in [6.07, 6.45) is 0. The van der Waals surface area contributed by atoms with Gasteiger partial charge in [-0.3, -0.25) is 0 Å². The SMILES string of the molecule is COC(=O)c1csc(Nc2ccc(C)c(F)c2)n1. The fraction of sp³-hybridized carbons (Fsp3) is 0.167. The van der Waals surface area contributed by atoms with Crippen LogP contribution in [0.4, 0.5) is 15.2 Å². The number of hydrogen-bond acceptors (Lipinski definition) is 5. The molecule has 1 aromatic heterocycles. The van der Waals surface area contributed by atoms with Crippen LogP contribution in [0, 0.1) is 12.7 Å². The summed E-state index contributed by atoms with van der Waals surface area (Å²) in [7, 11) is 1.30. The van der Waals surface area contributed by atoms with E-state index in [2.05, 4.69) is 15.0 Å². The Kier molecular flexibility index (Phi) is 3.57. The predicted octanol–water partition coefficient (Wildman–Crippen LogP) is 3.12. The first-order valence-electron chi connectivity index (χ1n) is 5.17. The van der Waals surface area contributed by atoms with Crippen LogP contribution in [0.15, 0.2) is 23.6 Å². The highest BCUT2D eigenvalue weighted by molar-refractivity contribution is 7.14. The summed E-state index contributed by atoms with van der Waals surface area (Å²) in [4.78, 5) is 15.3. The molecule has 0 amide bonds.